The lowest BCUT2D eigenvalue weighted by molar-refractivity contribution is -0.121. The number of rotatable bonds is 5. The molecule has 6 heteroatoms. The largest absolute Gasteiger partial charge is 0.396 e. The topological polar surface area (TPSA) is 90.5 Å². The Morgan fingerprint density at radius 2 is 1.93 bits per heavy atom. The maximum Gasteiger partial charge on any atom is 0.321 e. The van der Waals surface area contributed by atoms with Crippen molar-refractivity contribution in [1.82, 2.24) is 16.0 Å². The molecule has 0 aromatic rings. The molecule has 2 unspecified atom stereocenters. The fourth-order valence-corrected chi connectivity index (χ4v) is 0.818. The Morgan fingerprint density at radius 3 is 2.40 bits per heavy atom. The molecule has 0 bridgehead atoms. The van der Waals surface area contributed by atoms with Gasteiger partial charge in [-0.1, -0.05) is 6.92 Å². The summed E-state index contributed by atoms with van der Waals surface area (Å²) in [5, 5.41) is 16.1. The minimum absolute atomic E-state index is 0.0663. The van der Waals surface area contributed by atoms with Crippen molar-refractivity contribution >= 4 is 11.9 Å². The number of nitrogens with one attached hydrogen (secondary N) is 3. The molecular formula is C9H19N3O3. The van der Waals surface area contributed by atoms with Crippen LogP contribution in [0.15, 0.2) is 0 Å². The Bertz CT molecular complexity index is 221. The van der Waals surface area contributed by atoms with Crippen molar-refractivity contribution in [2.75, 3.05) is 20.2 Å². The highest BCUT2D eigenvalue weighted by atomic mass is 16.3. The molecule has 15 heavy (non-hydrogen) atoms. The van der Waals surface area contributed by atoms with Gasteiger partial charge in [-0.05, 0) is 12.8 Å². The molecule has 0 aliphatic carbocycles. The molecule has 0 radical (unpaired) electrons. The number of aliphatic hydroxyl groups is 1. The zero-order valence-corrected chi connectivity index (χ0v) is 9.33. The number of hydrogen-bond donors (Lipinski definition) is 4. The van der Waals surface area contributed by atoms with Crippen LogP contribution >= 0.6 is 0 Å². The second kappa shape index (κ2) is 7.19. The summed E-state index contributed by atoms with van der Waals surface area (Å²) in [6.45, 7) is 4.11. The Kier molecular flexibility index (Phi) is 6.64. The number of aliphatic hydroxyl groups excluding tert-OH is 1. The number of hydrogen-bond acceptors (Lipinski definition) is 4. The van der Waals surface area contributed by atoms with E-state index in [0.29, 0.717) is 6.54 Å². The van der Waals surface area contributed by atoms with Crippen molar-refractivity contribution in [3.8, 4) is 0 Å². The van der Waals surface area contributed by atoms with E-state index >= 15 is 0 Å². The van der Waals surface area contributed by atoms with Crippen LogP contribution in [0.4, 0.5) is 4.79 Å². The van der Waals surface area contributed by atoms with Crippen molar-refractivity contribution in [3.63, 3.8) is 0 Å². The second-order valence-corrected chi connectivity index (χ2v) is 3.49. The third-order valence-corrected chi connectivity index (χ3v) is 1.94. The van der Waals surface area contributed by atoms with E-state index in [0.717, 1.165) is 0 Å². The highest BCUT2D eigenvalue weighted by molar-refractivity contribution is 5.96. The van der Waals surface area contributed by atoms with E-state index in [1.54, 1.807) is 6.92 Å². The highest BCUT2D eigenvalue weighted by Gasteiger charge is 2.14. The highest BCUT2D eigenvalue weighted by Crippen LogP contribution is 1.91. The summed E-state index contributed by atoms with van der Waals surface area (Å²) in [6, 6.07) is -0.986. The number of carbonyl (C=O) groups is 2. The summed E-state index contributed by atoms with van der Waals surface area (Å²) in [5.41, 5.74) is 0. The van der Waals surface area contributed by atoms with Gasteiger partial charge in [0.05, 0.1) is 6.04 Å². The smallest absolute Gasteiger partial charge is 0.321 e. The van der Waals surface area contributed by atoms with Gasteiger partial charge in [-0.2, -0.15) is 0 Å². The zero-order chi connectivity index (χ0) is 11.8. The molecule has 0 aliphatic heterocycles. The van der Waals surface area contributed by atoms with E-state index in [-0.39, 0.29) is 18.4 Å². The molecule has 4 N–H and O–H groups in total. The van der Waals surface area contributed by atoms with E-state index in [9.17, 15) is 9.59 Å². The van der Waals surface area contributed by atoms with E-state index in [1.807, 2.05) is 6.92 Å². The first-order chi connectivity index (χ1) is 7.01. The van der Waals surface area contributed by atoms with E-state index < -0.39 is 12.1 Å². The van der Waals surface area contributed by atoms with Crippen LogP contribution in [0, 0.1) is 5.92 Å². The molecule has 0 spiro atoms. The molecule has 88 valence electrons. The molecule has 0 rings (SSSR count). The number of imide groups is 1. The first kappa shape index (κ1) is 13.9. The molecule has 0 aliphatic rings. The van der Waals surface area contributed by atoms with Crippen LogP contribution in [0.25, 0.3) is 0 Å². The van der Waals surface area contributed by atoms with Gasteiger partial charge < -0.3 is 15.7 Å². The maximum absolute atomic E-state index is 11.3. The Hall–Kier alpha value is -1.14. The van der Waals surface area contributed by atoms with E-state index in [4.69, 9.17) is 5.11 Å². The standard InChI is InChI=1S/C9H19N3O3/c1-6(5-13)4-11-7(2)8(14)12-9(15)10-3/h6-7,11,13H,4-5H2,1-3H3,(H2,10,12,14,15). The van der Waals surface area contributed by atoms with Gasteiger partial charge >= 0.3 is 6.03 Å². The summed E-state index contributed by atoms with van der Waals surface area (Å²) < 4.78 is 0. The summed E-state index contributed by atoms with van der Waals surface area (Å²) in [5.74, 6) is -0.306. The maximum atomic E-state index is 11.3. The van der Waals surface area contributed by atoms with Crippen LogP contribution in [-0.2, 0) is 4.79 Å². The average molecular weight is 217 g/mol. The number of amides is 3. The van der Waals surface area contributed by atoms with Gasteiger partial charge in [0.25, 0.3) is 0 Å². The molecule has 6 nitrogen and oxygen atoms in total. The van der Waals surface area contributed by atoms with Gasteiger partial charge in [-0.25, -0.2) is 4.79 Å². The molecule has 0 aromatic heterocycles. The lowest BCUT2D eigenvalue weighted by Gasteiger charge is -2.15. The van der Waals surface area contributed by atoms with Gasteiger partial charge in [0.15, 0.2) is 0 Å². The second-order valence-electron chi connectivity index (χ2n) is 3.49. The fraction of sp³-hybridized carbons (Fsp3) is 0.778. The molecule has 3 amide bonds. The molecule has 0 fully saturated rings. The SMILES string of the molecule is CNC(=O)NC(=O)C(C)NCC(C)CO. The van der Waals surface area contributed by atoms with Gasteiger partial charge in [-0.15, -0.1) is 0 Å². The predicted octanol–water partition coefficient (Wildman–Crippen LogP) is -0.951. The molecule has 0 saturated carbocycles. The quantitative estimate of drug-likeness (QED) is 0.478. The van der Waals surface area contributed by atoms with E-state index in [2.05, 4.69) is 16.0 Å². The first-order valence-corrected chi connectivity index (χ1v) is 4.88. The molecule has 0 heterocycles. The van der Waals surface area contributed by atoms with Gasteiger partial charge in [0.2, 0.25) is 5.91 Å². The minimum atomic E-state index is -0.524. The van der Waals surface area contributed by atoms with Crippen molar-refractivity contribution in [2.45, 2.75) is 19.9 Å². The average Bonchev–Trinajstić information content (AvgIpc) is 2.24. The molecular weight excluding hydrogens is 198 g/mol. The van der Waals surface area contributed by atoms with Crippen LogP contribution in [-0.4, -0.2) is 43.3 Å². The zero-order valence-electron chi connectivity index (χ0n) is 9.33. The lowest BCUT2D eigenvalue weighted by Crippen LogP contribution is -2.48. The predicted molar refractivity (Wildman–Crippen MR) is 56.3 cm³/mol. The van der Waals surface area contributed by atoms with Crippen LogP contribution in [0.3, 0.4) is 0 Å². The van der Waals surface area contributed by atoms with Crippen molar-refractivity contribution in [1.29, 1.82) is 0 Å². The van der Waals surface area contributed by atoms with Crippen molar-refractivity contribution in [3.05, 3.63) is 0 Å². The Balaban J connectivity index is 3.84. The lowest BCUT2D eigenvalue weighted by atomic mass is 10.2. The third-order valence-electron chi connectivity index (χ3n) is 1.94. The van der Waals surface area contributed by atoms with Crippen LogP contribution in [0.2, 0.25) is 0 Å². The summed E-state index contributed by atoms with van der Waals surface area (Å²) in [6.07, 6.45) is 0. The molecule has 0 saturated heterocycles. The van der Waals surface area contributed by atoms with Crippen LogP contribution < -0.4 is 16.0 Å². The van der Waals surface area contributed by atoms with Crippen LogP contribution in [0.1, 0.15) is 13.8 Å². The van der Waals surface area contributed by atoms with Gasteiger partial charge in [0.1, 0.15) is 0 Å². The Labute approximate surface area is 89.4 Å². The molecule has 2 atom stereocenters. The van der Waals surface area contributed by atoms with Crippen LogP contribution in [0.5, 0.6) is 0 Å². The number of urea groups is 1. The minimum Gasteiger partial charge on any atom is -0.396 e. The first-order valence-electron chi connectivity index (χ1n) is 4.88. The van der Waals surface area contributed by atoms with E-state index in [1.165, 1.54) is 7.05 Å². The van der Waals surface area contributed by atoms with Crippen molar-refractivity contribution in [2.24, 2.45) is 5.92 Å². The van der Waals surface area contributed by atoms with Crippen molar-refractivity contribution < 1.29 is 14.7 Å². The number of carbonyl (C=O) groups excluding carboxylic acids is 2. The normalized spacial score (nSPS) is 14.1. The Morgan fingerprint density at radius 1 is 1.33 bits per heavy atom. The third kappa shape index (κ3) is 6.03. The summed E-state index contributed by atoms with van der Waals surface area (Å²) in [4.78, 5) is 22.1. The summed E-state index contributed by atoms with van der Waals surface area (Å²) in [7, 11) is 1.44. The molecule has 0 aromatic carbocycles. The summed E-state index contributed by atoms with van der Waals surface area (Å²) >= 11 is 0. The van der Waals surface area contributed by atoms with Gasteiger partial charge in [-0.3, -0.25) is 10.1 Å². The fourth-order valence-electron chi connectivity index (χ4n) is 0.818. The monoisotopic (exact) mass is 217 g/mol. The van der Waals surface area contributed by atoms with Gasteiger partial charge in [0, 0.05) is 20.2 Å².